The third-order valence-electron chi connectivity index (χ3n) is 4.40. The normalized spacial score (nSPS) is 12.5. The van der Waals surface area contributed by atoms with Gasteiger partial charge in [0.2, 0.25) is 10.0 Å². The first-order valence-corrected chi connectivity index (χ1v) is 11.5. The van der Waals surface area contributed by atoms with Crippen LogP contribution in [0.25, 0.3) is 0 Å². The topological polar surface area (TPSA) is 103 Å². The molecule has 8 nitrogen and oxygen atoms in total. The molecule has 0 radical (unpaired) electrons. The molecule has 0 heterocycles. The van der Waals surface area contributed by atoms with Crippen molar-refractivity contribution in [2.45, 2.75) is 12.6 Å². The van der Waals surface area contributed by atoms with E-state index in [1.165, 1.54) is 6.07 Å². The van der Waals surface area contributed by atoms with Crippen molar-refractivity contribution in [2.75, 3.05) is 45.4 Å². The van der Waals surface area contributed by atoms with E-state index in [4.69, 9.17) is 31.5 Å². The standard InChI is InChI=1S/C20H28ClN3O5S/c1-24(20(22)12-14-5-7-18(27-2)19(11-14)28-3)9-10-29-17-8-6-15(13-16(17)21)23-30(4,25)26/h5-8,11,13,20,23H,9-10,12,22H2,1-4H3. The van der Waals surface area contributed by atoms with Crippen LogP contribution < -0.4 is 24.7 Å². The number of nitrogens with zero attached hydrogens (tertiary/aromatic N) is 1. The summed E-state index contributed by atoms with van der Waals surface area (Å²) in [6.07, 6.45) is 1.49. The number of ether oxygens (including phenoxy) is 3. The van der Waals surface area contributed by atoms with E-state index in [1.807, 2.05) is 30.1 Å². The van der Waals surface area contributed by atoms with Crippen molar-refractivity contribution in [3.05, 3.63) is 47.0 Å². The van der Waals surface area contributed by atoms with Crippen LogP contribution in [-0.2, 0) is 16.4 Å². The molecule has 0 saturated carbocycles. The van der Waals surface area contributed by atoms with Gasteiger partial charge in [0.15, 0.2) is 11.5 Å². The summed E-state index contributed by atoms with van der Waals surface area (Å²) < 4.78 is 41.2. The molecule has 0 aliphatic rings. The Kier molecular flexibility index (Phi) is 8.60. The molecule has 30 heavy (non-hydrogen) atoms. The molecular weight excluding hydrogens is 430 g/mol. The Balaban J connectivity index is 1.87. The Bertz CT molecular complexity index is 955. The Morgan fingerprint density at radius 1 is 1.10 bits per heavy atom. The SMILES string of the molecule is COc1ccc(CC(N)N(C)CCOc2ccc(NS(C)(=O)=O)cc2Cl)cc1OC. The fourth-order valence-corrected chi connectivity index (χ4v) is 3.56. The average Bonchev–Trinajstić information content (AvgIpc) is 2.68. The fourth-order valence-electron chi connectivity index (χ4n) is 2.77. The first-order valence-electron chi connectivity index (χ1n) is 9.20. The maximum atomic E-state index is 11.3. The van der Waals surface area contributed by atoms with E-state index in [0.29, 0.717) is 47.5 Å². The lowest BCUT2D eigenvalue weighted by Crippen LogP contribution is -2.42. The van der Waals surface area contributed by atoms with Crippen molar-refractivity contribution in [1.29, 1.82) is 0 Å². The van der Waals surface area contributed by atoms with Gasteiger partial charge >= 0.3 is 0 Å². The highest BCUT2D eigenvalue weighted by Gasteiger charge is 2.13. The average molecular weight is 458 g/mol. The number of benzene rings is 2. The van der Waals surface area contributed by atoms with Crippen molar-refractivity contribution in [1.82, 2.24) is 4.90 Å². The number of likely N-dealkylation sites (N-methyl/N-ethyl adjacent to an activating group) is 1. The van der Waals surface area contributed by atoms with Crippen LogP contribution in [0.15, 0.2) is 36.4 Å². The summed E-state index contributed by atoms with van der Waals surface area (Å²) in [5.41, 5.74) is 7.72. The molecule has 166 valence electrons. The molecule has 1 unspecified atom stereocenters. The molecule has 0 fully saturated rings. The molecule has 10 heteroatoms. The fraction of sp³-hybridized carbons (Fsp3) is 0.400. The summed E-state index contributed by atoms with van der Waals surface area (Å²) in [5.74, 6) is 1.81. The van der Waals surface area contributed by atoms with Gasteiger partial charge in [0.25, 0.3) is 0 Å². The Morgan fingerprint density at radius 2 is 1.77 bits per heavy atom. The van der Waals surface area contributed by atoms with Crippen LogP contribution in [-0.4, -0.2) is 60.2 Å². The second-order valence-corrected chi connectivity index (χ2v) is 8.96. The van der Waals surface area contributed by atoms with Gasteiger partial charge in [-0.05, 0) is 42.9 Å². The van der Waals surface area contributed by atoms with Gasteiger partial charge in [0.05, 0.1) is 37.4 Å². The Hall–Kier alpha value is -2.20. The maximum Gasteiger partial charge on any atom is 0.229 e. The molecule has 3 N–H and O–H groups in total. The van der Waals surface area contributed by atoms with E-state index in [0.717, 1.165) is 11.8 Å². The molecule has 0 amide bonds. The first-order chi connectivity index (χ1) is 14.1. The first kappa shape index (κ1) is 24.1. The van der Waals surface area contributed by atoms with Gasteiger partial charge in [0.1, 0.15) is 12.4 Å². The van der Waals surface area contributed by atoms with E-state index in [9.17, 15) is 8.42 Å². The molecule has 0 aliphatic carbocycles. The van der Waals surface area contributed by atoms with Gasteiger partial charge in [-0.2, -0.15) is 0 Å². The summed E-state index contributed by atoms with van der Waals surface area (Å²) in [5, 5.41) is 0.320. The lowest BCUT2D eigenvalue weighted by Gasteiger charge is -2.25. The van der Waals surface area contributed by atoms with Gasteiger partial charge in [-0.15, -0.1) is 0 Å². The van der Waals surface area contributed by atoms with Crippen LogP contribution in [0.4, 0.5) is 5.69 Å². The number of rotatable bonds is 11. The molecule has 2 aromatic rings. The number of nitrogens with one attached hydrogen (secondary N) is 1. The zero-order valence-electron chi connectivity index (χ0n) is 17.5. The van der Waals surface area contributed by atoms with Gasteiger partial charge < -0.3 is 19.9 Å². The van der Waals surface area contributed by atoms with Gasteiger partial charge in [-0.1, -0.05) is 17.7 Å². The largest absolute Gasteiger partial charge is 0.493 e. The van der Waals surface area contributed by atoms with E-state index in [1.54, 1.807) is 26.4 Å². The molecule has 0 aliphatic heterocycles. The molecule has 2 rings (SSSR count). The molecule has 2 aromatic carbocycles. The second-order valence-electron chi connectivity index (χ2n) is 6.81. The number of hydrogen-bond donors (Lipinski definition) is 2. The van der Waals surface area contributed by atoms with Crippen LogP contribution in [0.2, 0.25) is 5.02 Å². The number of sulfonamides is 1. The van der Waals surface area contributed by atoms with Gasteiger partial charge in [0, 0.05) is 13.0 Å². The maximum absolute atomic E-state index is 11.3. The number of methoxy groups -OCH3 is 2. The smallest absolute Gasteiger partial charge is 0.229 e. The molecular formula is C20H28ClN3O5S. The van der Waals surface area contributed by atoms with Gasteiger partial charge in [-0.3, -0.25) is 9.62 Å². The lowest BCUT2D eigenvalue weighted by molar-refractivity contribution is 0.192. The highest BCUT2D eigenvalue weighted by Crippen LogP contribution is 2.29. The monoisotopic (exact) mass is 457 g/mol. The zero-order chi connectivity index (χ0) is 22.3. The predicted octanol–water partition coefficient (Wildman–Crippen LogP) is 2.57. The van der Waals surface area contributed by atoms with Crippen LogP contribution in [0.5, 0.6) is 17.2 Å². The van der Waals surface area contributed by atoms with Crippen molar-refractivity contribution < 1.29 is 22.6 Å². The molecule has 0 aromatic heterocycles. The Labute approximate surface area is 182 Å². The summed E-state index contributed by atoms with van der Waals surface area (Å²) in [6, 6.07) is 10.4. The Morgan fingerprint density at radius 3 is 2.37 bits per heavy atom. The van der Waals surface area contributed by atoms with Crippen molar-refractivity contribution in [3.8, 4) is 17.2 Å². The highest BCUT2D eigenvalue weighted by molar-refractivity contribution is 7.92. The number of anilines is 1. The van der Waals surface area contributed by atoms with E-state index < -0.39 is 10.0 Å². The van der Waals surface area contributed by atoms with E-state index in [-0.39, 0.29) is 6.17 Å². The highest BCUT2D eigenvalue weighted by atomic mass is 35.5. The van der Waals surface area contributed by atoms with Crippen LogP contribution >= 0.6 is 11.6 Å². The lowest BCUT2D eigenvalue weighted by atomic mass is 10.1. The van der Waals surface area contributed by atoms with Crippen LogP contribution in [0, 0.1) is 0 Å². The summed E-state index contributed by atoms with van der Waals surface area (Å²) in [4.78, 5) is 1.98. The predicted molar refractivity (Wildman–Crippen MR) is 119 cm³/mol. The third-order valence-corrected chi connectivity index (χ3v) is 5.30. The number of halogens is 1. The van der Waals surface area contributed by atoms with Gasteiger partial charge in [-0.25, -0.2) is 8.42 Å². The summed E-state index contributed by atoms with van der Waals surface area (Å²) >= 11 is 6.18. The van der Waals surface area contributed by atoms with Crippen molar-refractivity contribution in [3.63, 3.8) is 0 Å². The quantitative estimate of drug-likeness (QED) is 0.500. The van der Waals surface area contributed by atoms with Crippen LogP contribution in [0.3, 0.4) is 0 Å². The molecule has 0 spiro atoms. The molecule has 0 bridgehead atoms. The molecule has 0 saturated heterocycles. The minimum Gasteiger partial charge on any atom is -0.493 e. The summed E-state index contributed by atoms with van der Waals surface area (Å²) in [7, 11) is 1.74. The van der Waals surface area contributed by atoms with Crippen molar-refractivity contribution >= 4 is 27.3 Å². The minimum absolute atomic E-state index is 0.219. The summed E-state index contributed by atoms with van der Waals surface area (Å²) in [6.45, 7) is 0.947. The minimum atomic E-state index is -3.36. The van der Waals surface area contributed by atoms with E-state index in [2.05, 4.69) is 4.72 Å². The second kappa shape index (κ2) is 10.7. The third kappa shape index (κ3) is 7.24. The zero-order valence-corrected chi connectivity index (χ0v) is 19.1. The van der Waals surface area contributed by atoms with Crippen molar-refractivity contribution in [2.24, 2.45) is 5.73 Å². The van der Waals surface area contributed by atoms with E-state index >= 15 is 0 Å². The number of hydrogen-bond acceptors (Lipinski definition) is 7. The number of nitrogens with two attached hydrogens (primary N) is 1. The van der Waals surface area contributed by atoms with Crippen LogP contribution in [0.1, 0.15) is 5.56 Å². The molecule has 1 atom stereocenters.